The molecule has 0 fully saturated rings. The highest BCUT2D eigenvalue weighted by atomic mass is 79.9. The molecule has 3 heterocycles. The van der Waals surface area contributed by atoms with Gasteiger partial charge in [0.15, 0.2) is 0 Å². The van der Waals surface area contributed by atoms with Crippen molar-refractivity contribution < 1.29 is 14.3 Å². The van der Waals surface area contributed by atoms with E-state index in [1.54, 1.807) is 31.8 Å². The van der Waals surface area contributed by atoms with Gasteiger partial charge in [0, 0.05) is 58.2 Å². The van der Waals surface area contributed by atoms with Gasteiger partial charge in [-0.1, -0.05) is 40.2 Å². The number of benzene rings is 2. The summed E-state index contributed by atoms with van der Waals surface area (Å²) in [4.78, 5) is 30.0. The predicted molar refractivity (Wildman–Crippen MR) is 129 cm³/mol. The van der Waals surface area contributed by atoms with Crippen LogP contribution in [0.25, 0.3) is 22.0 Å². The molecule has 0 saturated carbocycles. The van der Waals surface area contributed by atoms with Crippen molar-refractivity contribution in [3.8, 4) is 5.75 Å². The molecular formula is C25H21BrN4O3. The Bertz CT molecular complexity index is 1400. The Morgan fingerprint density at radius 3 is 2.58 bits per heavy atom. The summed E-state index contributed by atoms with van der Waals surface area (Å²) in [6.07, 6.45) is 8.36. The minimum atomic E-state index is -0.419. The molecule has 166 valence electrons. The lowest BCUT2D eigenvalue weighted by atomic mass is 9.95. The van der Waals surface area contributed by atoms with E-state index in [9.17, 15) is 9.59 Å². The van der Waals surface area contributed by atoms with Crippen molar-refractivity contribution in [2.75, 3.05) is 7.11 Å². The van der Waals surface area contributed by atoms with Crippen molar-refractivity contribution in [1.29, 1.82) is 0 Å². The minimum Gasteiger partial charge on any atom is -0.496 e. The molecule has 7 nitrogen and oxygen atoms in total. The van der Waals surface area contributed by atoms with Crippen LogP contribution in [-0.2, 0) is 22.7 Å². The number of hydrogen-bond donors (Lipinski definition) is 1. The Balaban J connectivity index is 1.64. The number of carbonyl (C=O) groups excluding carboxylic acids is 2. The third kappa shape index (κ3) is 3.87. The van der Waals surface area contributed by atoms with Crippen molar-refractivity contribution in [3.63, 3.8) is 0 Å². The van der Waals surface area contributed by atoms with Crippen LogP contribution in [0.4, 0.5) is 0 Å². The van der Waals surface area contributed by atoms with E-state index in [2.05, 4.69) is 30.8 Å². The number of para-hydroxylation sites is 1. The molecule has 0 unspecified atom stereocenters. The lowest BCUT2D eigenvalue weighted by Crippen LogP contribution is -2.22. The highest BCUT2D eigenvalue weighted by Gasteiger charge is 2.35. The molecule has 33 heavy (non-hydrogen) atoms. The minimum absolute atomic E-state index is 0.331. The van der Waals surface area contributed by atoms with Gasteiger partial charge >= 0.3 is 0 Å². The predicted octanol–water partition coefficient (Wildman–Crippen LogP) is 4.27. The average molecular weight is 505 g/mol. The molecule has 1 N–H and O–H groups in total. The van der Waals surface area contributed by atoms with Crippen LogP contribution in [0.2, 0.25) is 0 Å². The van der Waals surface area contributed by atoms with Gasteiger partial charge in [0.2, 0.25) is 0 Å². The number of amides is 2. The Kier molecular flexibility index (Phi) is 5.60. The summed E-state index contributed by atoms with van der Waals surface area (Å²) < 4.78 is 10.6. The summed E-state index contributed by atoms with van der Waals surface area (Å²) in [5, 5.41) is 3.39. The zero-order valence-electron chi connectivity index (χ0n) is 17.9. The molecule has 0 radical (unpaired) electrons. The number of nitrogens with one attached hydrogen (secondary N) is 1. The van der Waals surface area contributed by atoms with E-state index in [4.69, 9.17) is 4.74 Å². The Morgan fingerprint density at radius 2 is 1.82 bits per heavy atom. The summed E-state index contributed by atoms with van der Waals surface area (Å²) in [6.45, 7) is 1.58. The first-order chi connectivity index (χ1) is 16.1. The first-order valence-electron chi connectivity index (χ1n) is 10.5. The fourth-order valence-electron chi connectivity index (χ4n) is 4.31. The van der Waals surface area contributed by atoms with Crippen LogP contribution in [0.5, 0.6) is 5.75 Å². The maximum Gasteiger partial charge on any atom is 0.259 e. The normalized spacial score (nSPS) is 13.8. The van der Waals surface area contributed by atoms with Crippen LogP contribution in [0.3, 0.4) is 0 Å². The molecule has 4 aromatic rings. The van der Waals surface area contributed by atoms with Gasteiger partial charge < -0.3 is 13.9 Å². The molecular weight excluding hydrogens is 484 g/mol. The van der Waals surface area contributed by atoms with Crippen molar-refractivity contribution in [1.82, 2.24) is 19.4 Å². The SMILES string of the molecule is COc1ccccc1C1=C(c2cn(CCCn3ccnc3)c3cc(Br)ccc23)C(=O)NC1=O. The number of aryl methyl sites for hydroxylation is 2. The maximum absolute atomic E-state index is 13.0. The number of fused-ring (bicyclic) bond motifs is 1. The van der Waals surface area contributed by atoms with Crippen LogP contribution in [-0.4, -0.2) is 33.0 Å². The van der Waals surface area contributed by atoms with Crippen LogP contribution in [0.15, 0.2) is 71.9 Å². The number of ether oxygens (including phenoxy) is 1. The molecule has 1 aliphatic heterocycles. The quantitative estimate of drug-likeness (QED) is 0.381. The fourth-order valence-corrected chi connectivity index (χ4v) is 4.66. The summed E-state index contributed by atoms with van der Waals surface area (Å²) >= 11 is 3.56. The van der Waals surface area contributed by atoms with Crippen molar-refractivity contribution in [2.24, 2.45) is 0 Å². The van der Waals surface area contributed by atoms with Gasteiger partial charge in [-0.25, -0.2) is 4.98 Å². The van der Waals surface area contributed by atoms with Crippen LogP contribution >= 0.6 is 15.9 Å². The number of methoxy groups -OCH3 is 1. The van der Waals surface area contributed by atoms with Gasteiger partial charge in [-0.05, 0) is 24.6 Å². The Morgan fingerprint density at radius 1 is 1.03 bits per heavy atom. The van der Waals surface area contributed by atoms with Gasteiger partial charge in [-0.15, -0.1) is 0 Å². The maximum atomic E-state index is 13.0. The number of nitrogens with zero attached hydrogens (tertiary/aromatic N) is 3. The monoisotopic (exact) mass is 504 g/mol. The standard InChI is InChI=1S/C25H21BrN4O3/c1-33-21-6-3-2-5-18(21)22-23(25(32)28-24(22)31)19-14-30(11-4-10-29-12-9-27-15-29)20-13-16(26)7-8-17(19)20/h2-3,5-9,12-15H,4,10-11H2,1H3,(H,28,31,32). The molecule has 2 aromatic carbocycles. The highest BCUT2D eigenvalue weighted by Crippen LogP contribution is 2.39. The number of carbonyl (C=O) groups is 2. The van der Waals surface area contributed by atoms with Crippen molar-refractivity contribution >= 4 is 49.8 Å². The number of halogens is 1. The van der Waals surface area contributed by atoms with E-state index < -0.39 is 11.8 Å². The molecule has 5 rings (SSSR count). The number of imide groups is 1. The Hall–Kier alpha value is -3.65. The third-order valence-corrected chi connectivity index (χ3v) is 6.29. The van der Waals surface area contributed by atoms with E-state index in [1.165, 1.54) is 0 Å². The van der Waals surface area contributed by atoms with Gasteiger partial charge in [0.25, 0.3) is 11.8 Å². The van der Waals surface area contributed by atoms with E-state index in [1.807, 2.05) is 47.3 Å². The molecule has 0 spiro atoms. The molecule has 0 saturated heterocycles. The van der Waals surface area contributed by atoms with Gasteiger partial charge in [-0.3, -0.25) is 14.9 Å². The van der Waals surface area contributed by atoms with Crippen molar-refractivity contribution in [3.05, 3.63) is 83.0 Å². The number of hydrogen-bond acceptors (Lipinski definition) is 4. The second-order valence-corrected chi connectivity index (χ2v) is 8.70. The van der Waals surface area contributed by atoms with E-state index in [0.29, 0.717) is 22.5 Å². The molecule has 2 aromatic heterocycles. The number of imidazole rings is 1. The van der Waals surface area contributed by atoms with Gasteiger partial charge in [-0.2, -0.15) is 0 Å². The molecule has 8 heteroatoms. The van der Waals surface area contributed by atoms with Gasteiger partial charge in [0.05, 0.1) is 24.6 Å². The lowest BCUT2D eigenvalue weighted by molar-refractivity contribution is -0.122. The molecule has 2 amide bonds. The summed E-state index contributed by atoms with van der Waals surface area (Å²) in [5.41, 5.74) is 3.01. The summed E-state index contributed by atoms with van der Waals surface area (Å²) in [7, 11) is 1.55. The first kappa shape index (κ1) is 21.2. The highest BCUT2D eigenvalue weighted by molar-refractivity contribution is 9.10. The number of aromatic nitrogens is 3. The largest absolute Gasteiger partial charge is 0.496 e. The summed E-state index contributed by atoms with van der Waals surface area (Å²) in [6, 6.07) is 13.2. The molecule has 1 aliphatic rings. The van der Waals surface area contributed by atoms with Crippen LogP contribution in [0, 0.1) is 0 Å². The van der Waals surface area contributed by atoms with Crippen molar-refractivity contribution in [2.45, 2.75) is 19.5 Å². The third-order valence-electron chi connectivity index (χ3n) is 5.80. The zero-order chi connectivity index (χ0) is 22.9. The lowest BCUT2D eigenvalue weighted by Gasteiger charge is -2.09. The molecule has 0 bridgehead atoms. The topological polar surface area (TPSA) is 78.2 Å². The van der Waals surface area contributed by atoms with E-state index in [0.717, 1.165) is 40.4 Å². The summed E-state index contributed by atoms with van der Waals surface area (Å²) in [5.74, 6) is -0.277. The van der Waals surface area contributed by atoms with Crippen LogP contribution < -0.4 is 10.1 Å². The Labute approximate surface area is 198 Å². The fraction of sp³-hybridized carbons (Fsp3) is 0.160. The second kappa shape index (κ2) is 8.71. The van der Waals surface area contributed by atoms with Crippen LogP contribution in [0.1, 0.15) is 17.5 Å². The van der Waals surface area contributed by atoms with E-state index in [-0.39, 0.29) is 0 Å². The van der Waals surface area contributed by atoms with Gasteiger partial charge in [0.1, 0.15) is 5.75 Å². The molecule has 0 aliphatic carbocycles. The average Bonchev–Trinajstić information content (AvgIpc) is 3.52. The number of rotatable bonds is 7. The first-order valence-corrected chi connectivity index (χ1v) is 11.3. The molecule has 0 atom stereocenters. The van der Waals surface area contributed by atoms with E-state index >= 15 is 0 Å². The second-order valence-electron chi connectivity index (χ2n) is 7.79. The smallest absolute Gasteiger partial charge is 0.259 e. The zero-order valence-corrected chi connectivity index (χ0v) is 19.5.